The number of carbonyl (C=O) groups is 4. The van der Waals surface area contributed by atoms with Gasteiger partial charge in [-0.15, -0.1) is 11.3 Å². The summed E-state index contributed by atoms with van der Waals surface area (Å²) >= 11 is 0.950. The second-order valence-electron chi connectivity index (χ2n) is 9.09. The van der Waals surface area contributed by atoms with E-state index in [1.54, 1.807) is 48.5 Å². The minimum atomic E-state index is -1.45. The Balaban J connectivity index is 1.50. The van der Waals surface area contributed by atoms with Crippen molar-refractivity contribution >= 4 is 46.0 Å². The molecule has 11 heteroatoms. The maximum atomic E-state index is 13.2. The second-order valence-corrected chi connectivity index (χ2v) is 9.95. The van der Waals surface area contributed by atoms with Crippen molar-refractivity contribution < 1.29 is 38.5 Å². The summed E-state index contributed by atoms with van der Waals surface area (Å²) in [6.45, 7) is -0.0426. The fourth-order valence-corrected chi connectivity index (χ4v) is 4.55. The van der Waals surface area contributed by atoms with Crippen LogP contribution in [-0.4, -0.2) is 34.1 Å². The quantitative estimate of drug-likeness (QED) is 0.107. The number of aromatic nitrogens is 1. The van der Waals surface area contributed by atoms with Gasteiger partial charge in [-0.25, -0.2) is 19.4 Å². The molecule has 0 aliphatic heterocycles. The highest BCUT2D eigenvalue weighted by Crippen LogP contribution is 2.28. The zero-order valence-corrected chi connectivity index (χ0v) is 23.8. The number of aliphatic carboxylic acids is 1. The average molecular weight is 601 g/mol. The maximum Gasteiger partial charge on any atom is 0.413 e. The summed E-state index contributed by atoms with van der Waals surface area (Å²) in [7, 11) is 0. The normalized spacial score (nSPS) is 11.2. The lowest BCUT2D eigenvalue weighted by molar-refractivity contribution is -0.145. The molecule has 0 aliphatic carbocycles. The highest BCUT2D eigenvalue weighted by Gasteiger charge is 2.27. The van der Waals surface area contributed by atoms with Gasteiger partial charge in [0.05, 0.1) is 16.8 Å². The van der Waals surface area contributed by atoms with Gasteiger partial charge in [-0.2, -0.15) is 0 Å². The molecule has 0 radical (unpaired) electrons. The van der Waals surface area contributed by atoms with Crippen LogP contribution in [0.3, 0.4) is 0 Å². The third-order valence-corrected chi connectivity index (χ3v) is 6.74. The second kappa shape index (κ2) is 15.6. The Hall–Kier alpha value is -5.29. The van der Waals surface area contributed by atoms with Gasteiger partial charge in [0.25, 0.3) is 0 Å². The van der Waals surface area contributed by atoms with Gasteiger partial charge in [-0.3, -0.25) is 10.1 Å². The Kier molecular flexibility index (Phi) is 11.2. The summed E-state index contributed by atoms with van der Waals surface area (Å²) in [6.07, 6.45) is -1.34. The largest absolute Gasteiger partial charge is 0.478 e. The number of rotatable bonds is 13. The number of amides is 1. The van der Waals surface area contributed by atoms with E-state index in [4.69, 9.17) is 14.2 Å². The molecule has 4 rings (SSSR count). The van der Waals surface area contributed by atoms with Crippen molar-refractivity contribution in [3.05, 3.63) is 124 Å². The summed E-state index contributed by atoms with van der Waals surface area (Å²) in [4.78, 5) is 54.7. The van der Waals surface area contributed by atoms with Crippen molar-refractivity contribution in [3.8, 4) is 0 Å². The number of carboxylic acids is 1. The van der Waals surface area contributed by atoms with Crippen LogP contribution in [0.5, 0.6) is 0 Å². The molecule has 3 aromatic carbocycles. The topological polar surface area (TPSA) is 141 Å². The monoisotopic (exact) mass is 600 g/mol. The highest BCUT2D eigenvalue weighted by atomic mass is 32.1. The number of ether oxygens (including phenoxy) is 3. The van der Waals surface area contributed by atoms with Gasteiger partial charge in [0.15, 0.2) is 5.13 Å². The van der Waals surface area contributed by atoms with E-state index in [2.05, 4.69) is 10.3 Å². The Morgan fingerprint density at radius 2 is 1.21 bits per heavy atom. The Labute approximate surface area is 251 Å². The molecule has 0 unspecified atom stereocenters. The number of carbonyl (C=O) groups excluding carboxylic acids is 3. The van der Waals surface area contributed by atoms with Crippen LogP contribution in [0.1, 0.15) is 35.2 Å². The average Bonchev–Trinajstić information content (AvgIpc) is 3.48. The van der Waals surface area contributed by atoms with Crippen molar-refractivity contribution in [2.24, 2.45) is 0 Å². The predicted molar refractivity (Wildman–Crippen MR) is 159 cm³/mol. The lowest BCUT2D eigenvalue weighted by Crippen LogP contribution is -2.16. The lowest BCUT2D eigenvalue weighted by atomic mass is 10.0. The van der Waals surface area contributed by atoms with E-state index in [9.17, 15) is 24.3 Å². The van der Waals surface area contributed by atoms with Crippen LogP contribution in [0.4, 0.5) is 9.93 Å². The van der Waals surface area contributed by atoms with E-state index in [1.807, 2.05) is 42.5 Å². The van der Waals surface area contributed by atoms with Crippen molar-refractivity contribution in [1.29, 1.82) is 0 Å². The highest BCUT2D eigenvalue weighted by molar-refractivity contribution is 7.14. The number of nitrogens with zero attached hydrogens (tertiary/aromatic N) is 1. The molecule has 0 saturated carbocycles. The standard InChI is InChI=1S/C32H28N2O8S/c35-27(40-18-22-10-4-1-5-11-22)17-16-25(30(38)41-19-23-12-6-2-7-13-23)28(29(36)37)26-21-43-31(33-26)34-32(39)42-20-24-14-8-3-9-15-24/h1-15,21H,16-20H2,(H,36,37)(H,33,34,39). The number of anilines is 1. The van der Waals surface area contributed by atoms with Gasteiger partial charge in [0.2, 0.25) is 0 Å². The smallest absolute Gasteiger partial charge is 0.413 e. The van der Waals surface area contributed by atoms with Crippen LogP contribution in [0.15, 0.2) is 102 Å². The van der Waals surface area contributed by atoms with E-state index in [-0.39, 0.29) is 49.1 Å². The molecule has 1 heterocycles. The number of benzene rings is 3. The summed E-state index contributed by atoms with van der Waals surface area (Å²) in [5, 5.41) is 14.0. The molecular weight excluding hydrogens is 572 g/mol. The van der Waals surface area contributed by atoms with E-state index in [1.165, 1.54) is 5.38 Å². The Morgan fingerprint density at radius 1 is 0.698 bits per heavy atom. The van der Waals surface area contributed by atoms with E-state index < -0.39 is 29.6 Å². The number of esters is 2. The van der Waals surface area contributed by atoms with Crippen LogP contribution in [0.2, 0.25) is 0 Å². The maximum absolute atomic E-state index is 13.2. The van der Waals surface area contributed by atoms with Crippen molar-refractivity contribution in [2.75, 3.05) is 5.32 Å². The Morgan fingerprint density at radius 3 is 1.74 bits per heavy atom. The van der Waals surface area contributed by atoms with Crippen LogP contribution in [-0.2, 0) is 48.4 Å². The van der Waals surface area contributed by atoms with E-state index >= 15 is 0 Å². The van der Waals surface area contributed by atoms with E-state index in [0.717, 1.165) is 22.5 Å². The minimum absolute atomic E-state index is 0.0307. The summed E-state index contributed by atoms with van der Waals surface area (Å²) < 4.78 is 15.9. The number of thiazole rings is 1. The molecule has 1 amide bonds. The molecule has 2 N–H and O–H groups in total. The molecule has 0 aliphatic rings. The third-order valence-electron chi connectivity index (χ3n) is 5.98. The molecule has 0 fully saturated rings. The lowest BCUT2D eigenvalue weighted by Gasteiger charge is -2.12. The van der Waals surface area contributed by atoms with Crippen molar-refractivity contribution in [2.45, 2.75) is 32.7 Å². The summed E-state index contributed by atoms with van der Waals surface area (Å²) in [5.74, 6) is -2.99. The zero-order valence-electron chi connectivity index (χ0n) is 22.9. The number of carboxylic acid groups (broad SMARTS) is 1. The first-order valence-corrected chi connectivity index (χ1v) is 14.1. The fraction of sp³-hybridized carbons (Fsp3) is 0.156. The molecule has 10 nitrogen and oxygen atoms in total. The first-order valence-electron chi connectivity index (χ1n) is 13.2. The van der Waals surface area contributed by atoms with Crippen molar-refractivity contribution in [1.82, 2.24) is 4.98 Å². The molecule has 0 bridgehead atoms. The number of nitrogens with one attached hydrogen (secondary N) is 1. The predicted octanol–water partition coefficient (Wildman–Crippen LogP) is 6.00. The van der Waals surface area contributed by atoms with Gasteiger partial charge in [-0.05, 0) is 23.1 Å². The molecule has 0 spiro atoms. The molecular formula is C32H28N2O8S. The van der Waals surface area contributed by atoms with Gasteiger partial charge >= 0.3 is 24.0 Å². The van der Waals surface area contributed by atoms with Gasteiger partial charge in [0.1, 0.15) is 19.8 Å². The van der Waals surface area contributed by atoms with Gasteiger partial charge in [-0.1, -0.05) is 91.0 Å². The molecule has 43 heavy (non-hydrogen) atoms. The molecule has 1 aromatic heterocycles. The van der Waals surface area contributed by atoms with Gasteiger partial charge in [0, 0.05) is 11.8 Å². The van der Waals surface area contributed by atoms with Crippen LogP contribution < -0.4 is 5.32 Å². The first kappa shape index (κ1) is 30.7. The molecule has 0 atom stereocenters. The number of hydrogen-bond acceptors (Lipinski definition) is 9. The molecule has 4 aromatic rings. The SMILES string of the molecule is O=C(CCC(C(=O)OCc1ccccc1)=C(C(=O)O)c1csc(NC(=O)OCc2ccccc2)n1)OCc1ccccc1. The van der Waals surface area contributed by atoms with Crippen molar-refractivity contribution in [3.63, 3.8) is 0 Å². The fourth-order valence-electron chi connectivity index (χ4n) is 3.86. The van der Waals surface area contributed by atoms with E-state index in [0.29, 0.717) is 5.56 Å². The van der Waals surface area contributed by atoms with Crippen LogP contribution >= 0.6 is 11.3 Å². The minimum Gasteiger partial charge on any atom is -0.478 e. The zero-order chi connectivity index (χ0) is 30.4. The number of hydrogen-bond donors (Lipinski definition) is 2. The summed E-state index contributed by atoms with van der Waals surface area (Å²) in [5.41, 5.74) is 1.47. The van der Waals surface area contributed by atoms with Crippen LogP contribution in [0.25, 0.3) is 5.57 Å². The molecule has 0 saturated heterocycles. The summed E-state index contributed by atoms with van der Waals surface area (Å²) in [6, 6.07) is 27.0. The van der Waals surface area contributed by atoms with Crippen LogP contribution in [0, 0.1) is 0 Å². The third kappa shape index (κ3) is 9.65. The van der Waals surface area contributed by atoms with Gasteiger partial charge < -0.3 is 19.3 Å². The first-order chi connectivity index (χ1) is 20.9. The Bertz CT molecular complexity index is 1570. The molecule has 220 valence electrons.